The maximum Gasteiger partial charge on any atom is 0.256 e. The lowest BCUT2D eigenvalue weighted by Crippen LogP contribution is -2.41. The van der Waals surface area contributed by atoms with E-state index in [9.17, 15) is 4.79 Å². The number of rotatable bonds is 4. The molecule has 6 nitrogen and oxygen atoms in total. The van der Waals surface area contributed by atoms with Gasteiger partial charge in [0.1, 0.15) is 0 Å². The van der Waals surface area contributed by atoms with Gasteiger partial charge in [0.05, 0.1) is 30.2 Å². The fourth-order valence-corrected chi connectivity index (χ4v) is 3.86. The summed E-state index contributed by atoms with van der Waals surface area (Å²) in [7, 11) is 6.15. The summed E-state index contributed by atoms with van der Waals surface area (Å²) >= 11 is 0. The third kappa shape index (κ3) is 2.90. The van der Waals surface area contributed by atoms with Gasteiger partial charge in [0.25, 0.3) is 5.91 Å². The summed E-state index contributed by atoms with van der Waals surface area (Å²) in [5.74, 6) is 0.101. The average Bonchev–Trinajstić information content (AvgIpc) is 3.24. The van der Waals surface area contributed by atoms with Crippen LogP contribution < -0.4 is 0 Å². The van der Waals surface area contributed by atoms with E-state index in [1.165, 1.54) is 0 Å². The molecule has 1 aliphatic heterocycles. The Morgan fingerprint density at radius 3 is 2.92 bits per heavy atom. The fourth-order valence-electron chi connectivity index (χ4n) is 3.86. The lowest BCUT2D eigenvalue weighted by molar-refractivity contribution is 0.0672. The van der Waals surface area contributed by atoms with Crippen LogP contribution in [0.4, 0.5) is 0 Å². The third-order valence-electron chi connectivity index (χ3n) is 5.25. The molecule has 6 heteroatoms. The molecule has 4 rings (SSSR count). The van der Waals surface area contributed by atoms with Crippen molar-refractivity contribution in [3.05, 3.63) is 54.2 Å². The van der Waals surface area contributed by atoms with Gasteiger partial charge in [-0.05, 0) is 33.1 Å². The number of carbonyl (C=O) groups excluding carboxylic acids is 1. The summed E-state index contributed by atoms with van der Waals surface area (Å²) in [5.41, 5.74) is 2.97. The lowest BCUT2D eigenvalue weighted by Gasteiger charge is -2.35. The Hall–Kier alpha value is -2.60. The predicted molar refractivity (Wildman–Crippen MR) is 102 cm³/mol. The number of hydrogen-bond acceptors (Lipinski definition) is 3. The number of nitrogens with zero attached hydrogens (tertiary/aromatic N) is 5. The van der Waals surface area contributed by atoms with Gasteiger partial charge in [-0.25, -0.2) is 4.98 Å². The second-order valence-electron chi connectivity index (χ2n) is 7.39. The first-order valence-electron chi connectivity index (χ1n) is 9.03. The quantitative estimate of drug-likeness (QED) is 0.726. The Labute approximate surface area is 153 Å². The van der Waals surface area contributed by atoms with E-state index in [0.717, 1.165) is 41.7 Å². The van der Waals surface area contributed by atoms with Crippen molar-refractivity contribution in [1.82, 2.24) is 23.9 Å². The normalized spacial score (nSPS) is 17.1. The topological polar surface area (TPSA) is 46.3 Å². The first-order valence-corrected chi connectivity index (χ1v) is 9.03. The summed E-state index contributed by atoms with van der Waals surface area (Å²) in [6.07, 6.45) is 6.73. The maximum absolute atomic E-state index is 13.3. The first kappa shape index (κ1) is 16.8. The lowest BCUT2D eigenvalue weighted by atomic mass is 10.1. The molecule has 1 aliphatic rings. The van der Waals surface area contributed by atoms with Gasteiger partial charge in [-0.3, -0.25) is 4.79 Å². The first-order chi connectivity index (χ1) is 12.5. The Balaban J connectivity index is 1.64. The molecule has 0 spiro atoms. The Bertz CT molecular complexity index is 939. The van der Waals surface area contributed by atoms with Crippen LogP contribution in [-0.4, -0.2) is 57.0 Å². The number of fused-ring (bicyclic) bond motifs is 2. The molecular formula is C20H25N5O. The number of hydrogen-bond donors (Lipinski definition) is 0. The van der Waals surface area contributed by atoms with Crippen LogP contribution in [0.1, 0.15) is 28.5 Å². The number of carbonyl (C=O) groups is 1. The SMILES string of the molecule is CN(C)CC[C@@H]1CN(C(=O)c2cn(C)c3ccccc23)Cc2cncn21. The number of amides is 1. The molecular weight excluding hydrogens is 326 g/mol. The molecule has 0 fully saturated rings. The zero-order valence-corrected chi connectivity index (χ0v) is 15.6. The van der Waals surface area contributed by atoms with E-state index in [1.807, 2.05) is 53.4 Å². The molecule has 1 aromatic carbocycles. The molecule has 0 aliphatic carbocycles. The highest BCUT2D eigenvalue weighted by Gasteiger charge is 2.29. The van der Waals surface area contributed by atoms with Crippen molar-refractivity contribution in [2.45, 2.75) is 19.0 Å². The summed E-state index contributed by atoms with van der Waals surface area (Å²) in [6.45, 7) is 2.32. The zero-order chi connectivity index (χ0) is 18.3. The van der Waals surface area contributed by atoms with Crippen LogP contribution in [0.2, 0.25) is 0 Å². The van der Waals surface area contributed by atoms with E-state index in [1.54, 1.807) is 0 Å². The minimum absolute atomic E-state index is 0.101. The van der Waals surface area contributed by atoms with Crippen LogP contribution in [-0.2, 0) is 13.6 Å². The molecule has 3 aromatic rings. The number of aromatic nitrogens is 3. The highest BCUT2D eigenvalue weighted by molar-refractivity contribution is 6.07. The van der Waals surface area contributed by atoms with Crippen molar-refractivity contribution in [3.8, 4) is 0 Å². The molecule has 0 unspecified atom stereocenters. The summed E-state index contributed by atoms with van der Waals surface area (Å²) in [6, 6.07) is 8.34. The van der Waals surface area contributed by atoms with Crippen molar-refractivity contribution in [2.75, 3.05) is 27.2 Å². The number of aryl methyl sites for hydroxylation is 1. The van der Waals surface area contributed by atoms with Crippen molar-refractivity contribution in [2.24, 2.45) is 7.05 Å². The monoisotopic (exact) mass is 351 g/mol. The summed E-state index contributed by atoms with van der Waals surface area (Å²) < 4.78 is 4.26. The van der Waals surface area contributed by atoms with Gasteiger partial charge in [0, 0.05) is 36.9 Å². The second kappa shape index (κ2) is 6.61. The van der Waals surface area contributed by atoms with Crippen molar-refractivity contribution in [1.29, 1.82) is 0 Å². The van der Waals surface area contributed by atoms with E-state index in [0.29, 0.717) is 6.54 Å². The Morgan fingerprint density at radius 2 is 2.12 bits per heavy atom. The van der Waals surface area contributed by atoms with Gasteiger partial charge in [-0.15, -0.1) is 0 Å². The zero-order valence-electron chi connectivity index (χ0n) is 15.6. The van der Waals surface area contributed by atoms with Gasteiger partial charge in [-0.1, -0.05) is 18.2 Å². The van der Waals surface area contributed by atoms with E-state index in [-0.39, 0.29) is 11.9 Å². The van der Waals surface area contributed by atoms with E-state index >= 15 is 0 Å². The van der Waals surface area contributed by atoms with Crippen LogP contribution in [0.15, 0.2) is 43.0 Å². The maximum atomic E-state index is 13.3. The van der Waals surface area contributed by atoms with E-state index in [2.05, 4.69) is 34.6 Å². The van der Waals surface area contributed by atoms with Crippen LogP contribution in [0.25, 0.3) is 10.9 Å². The molecule has 0 bridgehead atoms. The van der Waals surface area contributed by atoms with Crippen LogP contribution in [0, 0.1) is 0 Å². The molecule has 2 aromatic heterocycles. The highest BCUT2D eigenvalue weighted by Crippen LogP contribution is 2.27. The second-order valence-corrected chi connectivity index (χ2v) is 7.39. The van der Waals surface area contributed by atoms with E-state index in [4.69, 9.17) is 0 Å². The molecule has 3 heterocycles. The van der Waals surface area contributed by atoms with Gasteiger partial charge in [0.2, 0.25) is 0 Å². The summed E-state index contributed by atoms with van der Waals surface area (Å²) in [5, 5.41) is 1.02. The smallest absolute Gasteiger partial charge is 0.256 e. The fraction of sp³-hybridized carbons (Fsp3) is 0.400. The van der Waals surface area contributed by atoms with Crippen LogP contribution in [0.5, 0.6) is 0 Å². The minimum Gasteiger partial charge on any atom is -0.350 e. The average molecular weight is 351 g/mol. The largest absolute Gasteiger partial charge is 0.350 e. The third-order valence-corrected chi connectivity index (χ3v) is 5.25. The number of imidazole rings is 1. The van der Waals surface area contributed by atoms with Crippen molar-refractivity contribution < 1.29 is 4.79 Å². The van der Waals surface area contributed by atoms with Crippen LogP contribution >= 0.6 is 0 Å². The van der Waals surface area contributed by atoms with Gasteiger partial charge in [-0.2, -0.15) is 0 Å². The minimum atomic E-state index is 0.101. The molecule has 0 saturated heterocycles. The molecule has 1 atom stereocenters. The molecule has 26 heavy (non-hydrogen) atoms. The number of benzene rings is 1. The Morgan fingerprint density at radius 1 is 1.31 bits per heavy atom. The highest BCUT2D eigenvalue weighted by atomic mass is 16.2. The molecule has 0 N–H and O–H groups in total. The predicted octanol–water partition coefficient (Wildman–Crippen LogP) is 2.52. The van der Waals surface area contributed by atoms with Gasteiger partial charge >= 0.3 is 0 Å². The van der Waals surface area contributed by atoms with Crippen LogP contribution in [0.3, 0.4) is 0 Å². The molecule has 0 saturated carbocycles. The molecule has 1 amide bonds. The Kier molecular flexibility index (Phi) is 4.28. The van der Waals surface area contributed by atoms with Gasteiger partial charge in [0.15, 0.2) is 0 Å². The summed E-state index contributed by atoms with van der Waals surface area (Å²) in [4.78, 5) is 21.8. The molecule has 136 valence electrons. The van der Waals surface area contributed by atoms with Crippen molar-refractivity contribution >= 4 is 16.8 Å². The standard InChI is InChI=1S/C20H25N5O/c1-22(2)9-8-15-11-24(12-16-10-21-14-25(15)16)20(26)18-13-23(3)19-7-5-4-6-17(18)19/h4-7,10,13-15H,8-9,11-12H2,1-3H3/t15-/m1/s1. The number of para-hydroxylation sites is 1. The van der Waals surface area contributed by atoms with Gasteiger partial charge < -0.3 is 18.9 Å². The molecule has 0 radical (unpaired) electrons. The van der Waals surface area contributed by atoms with E-state index < -0.39 is 0 Å². The van der Waals surface area contributed by atoms with Crippen molar-refractivity contribution in [3.63, 3.8) is 0 Å².